The number of para-hydroxylation sites is 1. The molecule has 0 aliphatic carbocycles. The molecule has 0 aliphatic rings. The number of rotatable bonds is 4. The SMILES string of the molecule is OCc1coc(Oc2ncn(-c3ccccc3)n2)n1. The molecule has 0 amide bonds. The maximum atomic E-state index is 8.86. The van der Waals surface area contributed by atoms with Gasteiger partial charge in [0.05, 0.1) is 12.3 Å². The lowest BCUT2D eigenvalue weighted by Gasteiger charge is -1.97. The van der Waals surface area contributed by atoms with E-state index in [-0.39, 0.29) is 18.7 Å². The fraction of sp³-hybridized carbons (Fsp3) is 0.0833. The summed E-state index contributed by atoms with van der Waals surface area (Å²) in [6.07, 6.45) is 2.83. The highest BCUT2D eigenvalue weighted by molar-refractivity contribution is 5.29. The Hall–Kier alpha value is -2.67. The van der Waals surface area contributed by atoms with Crippen molar-refractivity contribution in [3.63, 3.8) is 0 Å². The minimum absolute atomic E-state index is 0.00476. The van der Waals surface area contributed by atoms with Crippen LogP contribution in [0.2, 0.25) is 0 Å². The summed E-state index contributed by atoms with van der Waals surface area (Å²) in [5.41, 5.74) is 1.26. The van der Waals surface area contributed by atoms with Gasteiger partial charge in [-0.3, -0.25) is 0 Å². The zero-order valence-electron chi connectivity index (χ0n) is 9.80. The predicted octanol–water partition coefficient (Wildman–Crippen LogP) is 1.54. The molecule has 0 radical (unpaired) electrons. The topological polar surface area (TPSA) is 86.2 Å². The summed E-state index contributed by atoms with van der Waals surface area (Å²) in [7, 11) is 0. The Kier molecular flexibility index (Phi) is 2.95. The second-order valence-corrected chi connectivity index (χ2v) is 3.67. The number of aromatic nitrogens is 4. The van der Waals surface area contributed by atoms with Crippen LogP contribution in [0.25, 0.3) is 5.69 Å². The van der Waals surface area contributed by atoms with Crippen LogP contribution in [-0.4, -0.2) is 24.9 Å². The lowest BCUT2D eigenvalue weighted by molar-refractivity contribution is 0.276. The van der Waals surface area contributed by atoms with Gasteiger partial charge in [-0.05, 0) is 12.1 Å². The fourth-order valence-corrected chi connectivity index (χ4v) is 1.49. The number of aliphatic hydroxyl groups excluding tert-OH is 1. The second-order valence-electron chi connectivity index (χ2n) is 3.67. The highest BCUT2D eigenvalue weighted by atomic mass is 16.6. The molecule has 1 N–H and O–H groups in total. The van der Waals surface area contributed by atoms with Crippen LogP contribution in [0.5, 0.6) is 12.1 Å². The van der Waals surface area contributed by atoms with Gasteiger partial charge in [0.1, 0.15) is 18.3 Å². The number of hydrogen-bond donors (Lipinski definition) is 1. The van der Waals surface area contributed by atoms with Crippen molar-refractivity contribution in [1.29, 1.82) is 0 Å². The van der Waals surface area contributed by atoms with Crippen molar-refractivity contribution < 1.29 is 14.3 Å². The molecule has 7 nitrogen and oxygen atoms in total. The van der Waals surface area contributed by atoms with Crippen LogP contribution in [0, 0.1) is 0 Å². The highest BCUT2D eigenvalue weighted by Gasteiger charge is 2.09. The van der Waals surface area contributed by atoms with Crippen molar-refractivity contribution in [2.45, 2.75) is 6.61 Å². The summed E-state index contributed by atoms with van der Waals surface area (Å²) in [4.78, 5) is 7.87. The number of benzene rings is 1. The summed E-state index contributed by atoms with van der Waals surface area (Å²) in [6.45, 7) is -0.210. The van der Waals surface area contributed by atoms with Crippen LogP contribution < -0.4 is 4.74 Å². The zero-order chi connectivity index (χ0) is 13.1. The van der Waals surface area contributed by atoms with Crippen LogP contribution in [0.1, 0.15) is 5.69 Å². The quantitative estimate of drug-likeness (QED) is 0.763. The van der Waals surface area contributed by atoms with Gasteiger partial charge in [-0.1, -0.05) is 18.2 Å². The predicted molar refractivity (Wildman–Crippen MR) is 63.9 cm³/mol. The summed E-state index contributed by atoms with van der Waals surface area (Å²) < 4.78 is 11.8. The Morgan fingerprint density at radius 2 is 2.11 bits per heavy atom. The molecule has 0 saturated carbocycles. The van der Waals surface area contributed by atoms with Gasteiger partial charge in [0, 0.05) is 0 Å². The van der Waals surface area contributed by atoms with Crippen molar-refractivity contribution in [2.24, 2.45) is 0 Å². The van der Waals surface area contributed by atoms with E-state index in [1.807, 2.05) is 30.3 Å². The molecule has 3 rings (SSSR count). The van der Waals surface area contributed by atoms with Crippen LogP contribution in [0.15, 0.2) is 47.3 Å². The Labute approximate surface area is 108 Å². The monoisotopic (exact) mass is 258 g/mol. The third kappa shape index (κ3) is 2.45. The van der Waals surface area contributed by atoms with Gasteiger partial charge in [-0.2, -0.15) is 9.97 Å². The van der Waals surface area contributed by atoms with Crippen LogP contribution in [-0.2, 0) is 6.61 Å². The van der Waals surface area contributed by atoms with E-state index < -0.39 is 0 Å². The van der Waals surface area contributed by atoms with E-state index >= 15 is 0 Å². The van der Waals surface area contributed by atoms with Crippen molar-refractivity contribution >= 4 is 0 Å². The Bertz CT molecular complexity index is 662. The van der Waals surface area contributed by atoms with Gasteiger partial charge in [-0.15, -0.1) is 5.10 Å². The minimum atomic E-state index is -0.210. The molecule has 3 aromatic rings. The van der Waals surface area contributed by atoms with E-state index in [0.717, 1.165) is 5.69 Å². The third-order valence-electron chi connectivity index (χ3n) is 2.36. The molecule has 0 fully saturated rings. The summed E-state index contributed by atoms with van der Waals surface area (Å²) in [6, 6.07) is 9.63. The molecule has 0 unspecified atom stereocenters. The van der Waals surface area contributed by atoms with E-state index in [9.17, 15) is 0 Å². The molecular weight excluding hydrogens is 248 g/mol. The first-order valence-electron chi connectivity index (χ1n) is 5.55. The summed E-state index contributed by atoms with van der Waals surface area (Å²) in [5.74, 6) is 0. The maximum absolute atomic E-state index is 8.86. The number of hydrogen-bond acceptors (Lipinski definition) is 6. The van der Waals surface area contributed by atoms with Crippen LogP contribution in [0.3, 0.4) is 0 Å². The molecule has 0 aliphatic heterocycles. The fourth-order valence-electron chi connectivity index (χ4n) is 1.49. The van der Waals surface area contributed by atoms with Crippen LogP contribution in [0.4, 0.5) is 0 Å². The molecular formula is C12H10N4O3. The standard InChI is InChI=1S/C12H10N4O3/c17-6-9-7-18-12(14-9)19-11-13-8-16(15-11)10-4-2-1-3-5-10/h1-5,7-8,17H,6H2. The molecule has 0 spiro atoms. The molecule has 2 aromatic heterocycles. The Morgan fingerprint density at radius 3 is 2.84 bits per heavy atom. The summed E-state index contributed by atoms with van der Waals surface area (Å²) in [5, 5.41) is 13.0. The Balaban J connectivity index is 1.78. The molecule has 7 heteroatoms. The lowest BCUT2D eigenvalue weighted by Crippen LogP contribution is -1.94. The summed E-state index contributed by atoms with van der Waals surface area (Å²) >= 11 is 0. The van der Waals surface area contributed by atoms with E-state index in [0.29, 0.717) is 5.69 Å². The van der Waals surface area contributed by atoms with Crippen molar-refractivity contribution in [1.82, 2.24) is 19.7 Å². The molecule has 96 valence electrons. The lowest BCUT2D eigenvalue weighted by atomic mass is 10.3. The largest absolute Gasteiger partial charge is 0.417 e. The van der Waals surface area contributed by atoms with Gasteiger partial charge in [0.2, 0.25) is 0 Å². The average molecular weight is 258 g/mol. The van der Waals surface area contributed by atoms with Gasteiger partial charge >= 0.3 is 12.1 Å². The average Bonchev–Trinajstić information content (AvgIpc) is 3.09. The number of aliphatic hydroxyl groups is 1. The first-order valence-corrected chi connectivity index (χ1v) is 5.55. The zero-order valence-corrected chi connectivity index (χ0v) is 9.80. The third-order valence-corrected chi connectivity index (χ3v) is 2.36. The van der Waals surface area contributed by atoms with Crippen molar-refractivity contribution in [2.75, 3.05) is 0 Å². The van der Waals surface area contributed by atoms with Crippen molar-refractivity contribution in [3.05, 3.63) is 48.6 Å². The normalized spacial score (nSPS) is 10.6. The molecule has 0 saturated heterocycles. The molecule has 1 aromatic carbocycles. The smallest absolute Gasteiger partial charge is 0.401 e. The number of ether oxygens (including phenoxy) is 1. The maximum Gasteiger partial charge on any atom is 0.401 e. The van der Waals surface area contributed by atoms with E-state index in [1.165, 1.54) is 12.6 Å². The van der Waals surface area contributed by atoms with Gasteiger partial charge in [-0.25, -0.2) is 4.68 Å². The number of oxazole rings is 1. The molecule has 0 atom stereocenters. The Morgan fingerprint density at radius 1 is 1.26 bits per heavy atom. The van der Waals surface area contributed by atoms with Gasteiger partial charge in [0.25, 0.3) is 0 Å². The van der Waals surface area contributed by atoms with Crippen LogP contribution >= 0.6 is 0 Å². The van der Waals surface area contributed by atoms with Gasteiger partial charge in [0.15, 0.2) is 0 Å². The van der Waals surface area contributed by atoms with E-state index in [2.05, 4.69) is 15.1 Å². The first kappa shape index (κ1) is 11.4. The second kappa shape index (κ2) is 4.91. The van der Waals surface area contributed by atoms with Gasteiger partial charge < -0.3 is 14.3 Å². The first-order chi connectivity index (χ1) is 9.35. The highest BCUT2D eigenvalue weighted by Crippen LogP contribution is 2.17. The molecule has 0 bridgehead atoms. The van der Waals surface area contributed by atoms with E-state index in [4.69, 9.17) is 14.3 Å². The van der Waals surface area contributed by atoms with Crippen molar-refractivity contribution in [3.8, 4) is 17.8 Å². The molecule has 19 heavy (non-hydrogen) atoms. The number of nitrogens with zero attached hydrogens (tertiary/aromatic N) is 4. The molecule has 2 heterocycles. The van der Waals surface area contributed by atoms with E-state index in [1.54, 1.807) is 4.68 Å². The minimum Gasteiger partial charge on any atom is -0.417 e.